The van der Waals surface area contributed by atoms with Crippen molar-refractivity contribution in [1.29, 1.82) is 0 Å². The predicted molar refractivity (Wildman–Crippen MR) is 53.4 cm³/mol. The van der Waals surface area contributed by atoms with Crippen molar-refractivity contribution in [2.24, 2.45) is 5.73 Å². The third-order valence-electron chi connectivity index (χ3n) is 1.52. The van der Waals surface area contributed by atoms with Crippen LogP contribution < -0.4 is 11.1 Å². The molecule has 3 N–H and O–H groups in total. The molecule has 0 radical (unpaired) electrons. The first-order valence-corrected chi connectivity index (χ1v) is 4.27. The van der Waals surface area contributed by atoms with E-state index in [0.717, 1.165) is 0 Å². The normalized spacial score (nSPS) is 9.86. The van der Waals surface area contributed by atoms with Crippen LogP contribution in [0.5, 0.6) is 0 Å². The Kier molecular flexibility index (Phi) is 3.61. The van der Waals surface area contributed by atoms with Crippen LogP contribution >= 0.6 is 11.6 Å². The molecule has 0 unspecified atom stereocenters. The van der Waals surface area contributed by atoms with E-state index in [-0.39, 0.29) is 10.8 Å². The first-order valence-electron chi connectivity index (χ1n) is 3.89. The second kappa shape index (κ2) is 4.73. The van der Waals surface area contributed by atoms with Gasteiger partial charge in [0.1, 0.15) is 5.69 Å². The minimum atomic E-state index is -0.575. The van der Waals surface area contributed by atoms with Gasteiger partial charge in [-0.1, -0.05) is 11.6 Å². The summed E-state index contributed by atoms with van der Waals surface area (Å²) in [7, 11) is 0. The molecule has 76 valence electrons. The van der Waals surface area contributed by atoms with Gasteiger partial charge in [0.25, 0.3) is 0 Å². The summed E-state index contributed by atoms with van der Waals surface area (Å²) in [6.07, 6.45) is 1.40. The van der Waals surface area contributed by atoms with Crippen LogP contribution in [0.25, 0.3) is 0 Å². The molecule has 0 atom stereocenters. The Bertz CT molecular complexity index is 344. The minimum Gasteiger partial charge on any atom is -0.378 e. The van der Waals surface area contributed by atoms with Crippen molar-refractivity contribution in [1.82, 2.24) is 4.98 Å². The molecule has 0 aliphatic heterocycles. The summed E-state index contributed by atoms with van der Waals surface area (Å²) >= 11 is 5.58. The smallest absolute Gasteiger partial charge is 0.329 e. The number of rotatable bonds is 4. The quantitative estimate of drug-likeness (QED) is 0.445. The van der Waals surface area contributed by atoms with Gasteiger partial charge < -0.3 is 11.1 Å². The number of pyridine rings is 1. The third kappa shape index (κ3) is 2.30. The Morgan fingerprint density at radius 3 is 3.00 bits per heavy atom. The lowest BCUT2D eigenvalue weighted by Gasteiger charge is -2.05. The van der Waals surface area contributed by atoms with Gasteiger partial charge in [0.2, 0.25) is 5.15 Å². The van der Waals surface area contributed by atoms with E-state index in [1.807, 2.05) is 0 Å². The average molecular weight is 217 g/mol. The molecule has 1 aromatic rings. The molecule has 1 rings (SSSR count). The number of nitrogens with two attached hydrogens (primary N) is 1. The third-order valence-corrected chi connectivity index (χ3v) is 1.80. The van der Waals surface area contributed by atoms with Crippen LogP contribution in [-0.2, 0) is 0 Å². The van der Waals surface area contributed by atoms with Crippen LogP contribution in [0.15, 0.2) is 12.3 Å². The summed E-state index contributed by atoms with van der Waals surface area (Å²) in [5, 5.41) is 13.3. The van der Waals surface area contributed by atoms with Crippen molar-refractivity contribution in [2.75, 3.05) is 18.4 Å². The number of hydrogen-bond acceptors (Lipinski definition) is 5. The van der Waals surface area contributed by atoms with Crippen LogP contribution in [0.4, 0.5) is 11.4 Å². The molecule has 0 fully saturated rings. The first kappa shape index (κ1) is 10.7. The minimum absolute atomic E-state index is 0.128. The maximum Gasteiger partial charge on any atom is 0.329 e. The molecule has 0 aliphatic carbocycles. The van der Waals surface area contributed by atoms with Crippen molar-refractivity contribution in [3.8, 4) is 0 Å². The van der Waals surface area contributed by atoms with Gasteiger partial charge in [-0.15, -0.1) is 0 Å². The molecule has 6 nitrogen and oxygen atoms in total. The van der Waals surface area contributed by atoms with Gasteiger partial charge >= 0.3 is 5.69 Å². The zero-order valence-electron chi connectivity index (χ0n) is 7.24. The molecule has 0 saturated carbocycles. The van der Waals surface area contributed by atoms with Crippen molar-refractivity contribution in [3.63, 3.8) is 0 Å². The highest BCUT2D eigenvalue weighted by molar-refractivity contribution is 6.32. The van der Waals surface area contributed by atoms with E-state index in [0.29, 0.717) is 18.8 Å². The summed E-state index contributed by atoms with van der Waals surface area (Å²) in [6.45, 7) is 0.832. The lowest BCUT2D eigenvalue weighted by Crippen LogP contribution is -2.14. The molecule has 7 heteroatoms. The van der Waals surface area contributed by atoms with Crippen LogP contribution in [0.3, 0.4) is 0 Å². The Labute approximate surface area is 85.2 Å². The van der Waals surface area contributed by atoms with Crippen molar-refractivity contribution >= 4 is 23.0 Å². The van der Waals surface area contributed by atoms with E-state index in [2.05, 4.69) is 10.3 Å². The number of nitrogens with zero attached hydrogens (tertiary/aromatic N) is 2. The zero-order valence-corrected chi connectivity index (χ0v) is 7.99. The van der Waals surface area contributed by atoms with Crippen LogP contribution in [0.1, 0.15) is 0 Å². The highest BCUT2D eigenvalue weighted by Gasteiger charge is 2.18. The molecule has 0 aliphatic rings. The molecule has 0 spiro atoms. The van der Waals surface area contributed by atoms with Gasteiger partial charge in [0.05, 0.1) is 4.92 Å². The molecule has 0 amide bonds. The average Bonchev–Trinajstić information content (AvgIpc) is 2.14. The summed E-state index contributed by atoms with van der Waals surface area (Å²) < 4.78 is 0. The van der Waals surface area contributed by atoms with Crippen LogP contribution in [0.2, 0.25) is 5.15 Å². The first-order chi connectivity index (χ1) is 6.66. The van der Waals surface area contributed by atoms with Gasteiger partial charge in [-0.3, -0.25) is 10.1 Å². The fraction of sp³-hybridized carbons (Fsp3) is 0.286. The summed E-state index contributed by atoms with van der Waals surface area (Å²) in [5.41, 5.74) is 5.37. The predicted octanol–water partition coefficient (Wildman–Crippen LogP) is 1.01. The van der Waals surface area contributed by atoms with E-state index in [1.165, 1.54) is 12.3 Å². The fourth-order valence-electron chi connectivity index (χ4n) is 0.952. The molecule has 1 aromatic heterocycles. The molecule has 0 aromatic carbocycles. The van der Waals surface area contributed by atoms with Gasteiger partial charge in [0, 0.05) is 19.3 Å². The van der Waals surface area contributed by atoms with Crippen LogP contribution in [0, 0.1) is 10.1 Å². The van der Waals surface area contributed by atoms with Gasteiger partial charge in [-0.05, 0) is 6.07 Å². The van der Waals surface area contributed by atoms with Crippen molar-refractivity contribution in [3.05, 3.63) is 27.5 Å². The Hall–Kier alpha value is -1.40. The number of aromatic nitrogens is 1. The maximum absolute atomic E-state index is 10.6. The molecule has 0 saturated heterocycles. The zero-order chi connectivity index (χ0) is 10.6. The maximum atomic E-state index is 10.6. The topological polar surface area (TPSA) is 94.1 Å². The number of nitro groups is 1. The Balaban J connectivity index is 3.02. The molecule has 1 heterocycles. The van der Waals surface area contributed by atoms with Crippen LogP contribution in [-0.4, -0.2) is 23.0 Å². The highest BCUT2D eigenvalue weighted by atomic mass is 35.5. The monoisotopic (exact) mass is 216 g/mol. The molecular weight excluding hydrogens is 208 g/mol. The van der Waals surface area contributed by atoms with Gasteiger partial charge in [-0.25, -0.2) is 4.98 Å². The second-order valence-corrected chi connectivity index (χ2v) is 2.83. The lowest BCUT2D eigenvalue weighted by atomic mass is 10.3. The fourth-order valence-corrected chi connectivity index (χ4v) is 1.18. The van der Waals surface area contributed by atoms with E-state index < -0.39 is 4.92 Å². The number of nitrogens with one attached hydrogen (secondary N) is 1. The van der Waals surface area contributed by atoms with Gasteiger partial charge in [0.15, 0.2) is 0 Å². The molecule has 0 bridgehead atoms. The van der Waals surface area contributed by atoms with Crippen molar-refractivity contribution < 1.29 is 4.92 Å². The summed E-state index contributed by atoms with van der Waals surface area (Å²) in [5.74, 6) is 0. The highest BCUT2D eigenvalue weighted by Crippen LogP contribution is 2.29. The summed E-state index contributed by atoms with van der Waals surface area (Å²) in [6, 6.07) is 1.49. The largest absolute Gasteiger partial charge is 0.378 e. The summed E-state index contributed by atoms with van der Waals surface area (Å²) in [4.78, 5) is 13.7. The second-order valence-electron chi connectivity index (χ2n) is 2.47. The number of halogens is 1. The van der Waals surface area contributed by atoms with Gasteiger partial charge in [-0.2, -0.15) is 0 Å². The lowest BCUT2D eigenvalue weighted by molar-refractivity contribution is -0.384. The molecular formula is C7H9ClN4O2. The van der Waals surface area contributed by atoms with E-state index in [1.54, 1.807) is 0 Å². The van der Waals surface area contributed by atoms with E-state index in [4.69, 9.17) is 17.3 Å². The molecule has 14 heavy (non-hydrogen) atoms. The van der Waals surface area contributed by atoms with E-state index >= 15 is 0 Å². The standard InChI is InChI=1S/C7H9ClN4O2/c8-7-6(12(13)14)5(1-3-11-7)10-4-2-9/h1,3H,2,4,9H2,(H,10,11). The van der Waals surface area contributed by atoms with Crippen molar-refractivity contribution in [2.45, 2.75) is 0 Å². The Morgan fingerprint density at radius 1 is 1.71 bits per heavy atom. The number of anilines is 1. The van der Waals surface area contributed by atoms with E-state index in [9.17, 15) is 10.1 Å². The SMILES string of the molecule is NCCNc1ccnc(Cl)c1[N+](=O)[O-]. The number of hydrogen-bond donors (Lipinski definition) is 2. The Morgan fingerprint density at radius 2 is 2.43 bits per heavy atom.